The van der Waals surface area contributed by atoms with E-state index >= 15 is 0 Å². The van der Waals surface area contributed by atoms with Gasteiger partial charge in [0.1, 0.15) is 12.4 Å². The number of aliphatic carboxylic acids is 1. The molecule has 0 saturated heterocycles. The SMILES string of the molecule is CCc1nnc(SCC(=O)O)n1CC(=O)NC1CC1. The Morgan fingerprint density at radius 3 is 2.79 bits per heavy atom. The van der Waals surface area contributed by atoms with Crippen LogP contribution in [0.15, 0.2) is 5.16 Å². The van der Waals surface area contributed by atoms with Gasteiger partial charge >= 0.3 is 5.97 Å². The first-order valence-electron chi connectivity index (χ1n) is 6.16. The Kier molecular flexibility index (Phi) is 4.41. The summed E-state index contributed by atoms with van der Waals surface area (Å²) in [7, 11) is 0. The van der Waals surface area contributed by atoms with Crippen molar-refractivity contribution in [2.24, 2.45) is 0 Å². The third-order valence-corrected chi connectivity index (χ3v) is 3.63. The summed E-state index contributed by atoms with van der Waals surface area (Å²) in [5.74, 6) is -0.389. The zero-order valence-electron chi connectivity index (χ0n) is 10.6. The van der Waals surface area contributed by atoms with E-state index < -0.39 is 5.97 Å². The van der Waals surface area contributed by atoms with Crippen LogP contribution in [0.2, 0.25) is 0 Å². The molecule has 1 saturated carbocycles. The van der Waals surface area contributed by atoms with Crippen LogP contribution < -0.4 is 5.32 Å². The first kappa shape index (κ1) is 13.9. The fraction of sp³-hybridized carbons (Fsp3) is 0.636. The van der Waals surface area contributed by atoms with Crippen LogP contribution in [-0.2, 0) is 22.6 Å². The lowest BCUT2D eigenvalue weighted by molar-refractivity contribution is -0.133. The quantitative estimate of drug-likeness (QED) is 0.699. The number of rotatable bonds is 7. The number of nitrogens with zero attached hydrogens (tertiary/aromatic N) is 3. The van der Waals surface area contributed by atoms with E-state index in [-0.39, 0.29) is 18.2 Å². The van der Waals surface area contributed by atoms with E-state index in [2.05, 4.69) is 15.5 Å². The molecular formula is C11H16N4O3S. The number of carbonyl (C=O) groups excluding carboxylic acids is 1. The van der Waals surface area contributed by atoms with Gasteiger partial charge in [0.2, 0.25) is 5.91 Å². The van der Waals surface area contributed by atoms with Crippen LogP contribution in [0.1, 0.15) is 25.6 Å². The van der Waals surface area contributed by atoms with Gasteiger partial charge in [-0.25, -0.2) is 0 Å². The lowest BCUT2D eigenvalue weighted by Crippen LogP contribution is -2.30. The number of aromatic nitrogens is 3. The third-order valence-electron chi connectivity index (χ3n) is 2.68. The van der Waals surface area contributed by atoms with Crippen molar-refractivity contribution in [1.29, 1.82) is 0 Å². The van der Waals surface area contributed by atoms with Crippen LogP contribution in [-0.4, -0.2) is 43.5 Å². The van der Waals surface area contributed by atoms with Crippen LogP contribution in [0.5, 0.6) is 0 Å². The molecule has 1 heterocycles. The number of hydrogen-bond acceptors (Lipinski definition) is 5. The lowest BCUT2D eigenvalue weighted by atomic mass is 10.4. The Morgan fingerprint density at radius 1 is 1.47 bits per heavy atom. The van der Waals surface area contributed by atoms with Crippen molar-refractivity contribution in [3.05, 3.63) is 5.82 Å². The lowest BCUT2D eigenvalue weighted by Gasteiger charge is -2.08. The summed E-state index contributed by atoms with van der Waals surface area (Å²) in [6, 6.07) is 0.309. The molecule has 1 aliphatic rings. The van der Waals surface area contributed by atoms with Crippen molar-refractivity contribution < 1.29 is 14.7 Å². The average molecular weight is 284 g/mol. The van der Waals surface area contributed by atoms with E-state index in [4.69, 9.17) is 5.11 Å². The second kappa shape index (κ2) is 6.05. The minimum atomic E-state index is -0.917. The average Bonchev–Trinajstić information content (AvgIpc) is 3.07. The standard InChI is InChI=1S/C11H16N4O3S/c1-2-8-13-14-11(19-6-10(17)18)15(8)5-9(16)12-7-3-4-7/h7H,2-6H2,1H3,(H,12,16)(H,17,18). The third kappa shape index (κ3) is 3.95. The van der Waals surface area contributed by atoms with E-state index in [0.717, 1.165) is 24.6 Å². The molecule has 1 fully saturated rings. The van der Waals surface area contributed by atoms with E-state index in [9.17, 15) is 9.59 Å². The van der Waals surface area contributed by atoms with Gasteiger partial charge in [0.15, 0.2) is 5.16 Å². The maximum absolute atomic E-state index is 11.8. The summed E-state index contributed by atoms with van der Waals surface area (Å²) in [4.78, 5) is 22.4. The van der Waals surface area contributed by atoms with Crippen LogP contribution in [0.3, 0.4) is 0 Å². The summed E-state index contributed by atoms with van der Waals surface area (Å²) in [6.45, 7) is 2.07. The highest BCUT2D eigenvalue weighted by atomic mass is 32.2. The minimum absolute atomic E-state index is 0.0748. The molecule has 104 valence electrons. The number of carbonyl (C=O) groups is 2. The number of carboxylic acid groups (broad SMARTS) is 1. The molecule has 8 heteroatoms. The zero-order valence-corrected chi connectivity index (χ0v) is 11.4. The maximum atomic E-state index is 11.8. The zero-order chi connectivity index (χ0) is 13.8. The van der Waals surface area contributed by atoms with E-state index in [0.29, 0.717) is 23.4 Å². The molecule has 0 radical (unpaired) electrons. The molecule has 0 aromatic carbocycles. The van der Waals surface area contributed by atoms with Gasteiger partial charge < -0.3 is 10.4 Å². The molecule has 1 amide bonds. The smallest absolute Gasteiger partial charge is 0.313 e. The molecular weight excluding hydrogens is 268 g/mol. The van der Waals surface area contributed by atoms with Gasteiger partial charge in [-0.15, -0.1) is 10.2 Å². The van der Waals surface area contributed by atoms with Gasteiger partial charge in [-0.05, 0) is 12.8 Å². The summed E-state index contributed by atoms with van der Waals surface area (Å²) in [5, 5.41) is 20.0. The van der Waals surface area contributed by atoms with Gasteiger partial charge in [-0.2, -0.15) is 0 Å². The van der Waals surface area contributed by atoms with Gasteiger partial charge in [-0.1, -0.05) is 18.7 Å². The fourth-order valence-electron chi connectivity index (χ4n) is 1.62. The van der Waals surface area contributed by atoms with Crippen molar-refractivity contribution >= 4 is 23.6 Å². The highest BCUT2D eigenvalue weighted by molar-refractivity contribution is 7.99. The predicted octanol–water partition coefficient (Wildman–Crippen LogP) is 0.296. The van der Waals surface area contributed by atoms with Crippen molar-refractivity contribution in [1.82, 2.24) is 20.1 Å². The van der Waals surface area contributed by atoms with Crippen LogP contribution in [0, 0.1) is 0 Å². The molecule has 1 aromatic rings. The van der Waals surface area contributed by atoms with E-state index in [1.165, 1.54) is 0 Å². The molecule has 0 aliphatic heterocycles. The second-order valence-electron chi connectivity index (χ2n) is 4.36. The topological polar surface area (TPSA) is 97.1 Å². The number of nitrogens with one attached hydrogen (secondary N) is 1. The normalized spacial score (nSPS) is 14.4. The molecule has 1 aromatic heterocycles. The summed E-state index contributed by atoms with van der Waals surface area (Å²) in [5.41, 5.74) is 0. The highest BCUT2D eigenvalue weighted by Crippen LogP contribution is 2.20. The Bertz CT molecular complexity index is 484. The van der Waals surface area contributed by atoms with Gasteiger partial charge in [0, 0.05) is 12.5 Å². The molecule has 2 N–H and O–H groups in total. The number of aryl methyl sites for hydroxylation is 1. The van der Waals surface area contributed by atoms with Crippen LogP contribution in [0.25, 0.3) is 0 Å². The number of amides is 1. The molecule has 0 atom stereocenters. The molecule has 1 aliphatic carbocycles. The van der Waals surface area contributed by atoms with E-state index in [1.807, 2.05) is 6.92 Å². The summed E-state index contributed by atoms with van der Waals surface area (Å²) in [6.07, 6.45) is 2.72. The maximum Gasteiger partial charge on any atom is 0.313 e. The van der Waals surface area contributed by atoms with Gasteiger partial charge in [0.05, 0.1) is 5.75 Å². The number of thioether (sulfide) groups is 1. The first-order valence-corrected chi connectivity index (χ1v) is 7.14. The molecule has 0 bridgehead atoms. The minimum Gasteiger partial charge on any atom is -0.481 e. The molecule has 19 heavy (non-hydrogen) atoms. The largest absolute Gasteiger partial charge is 0.481 e. The Hall–Kier alpha value is -1.57. The van der Waals surface area contributed by atoms with Crippen molar-refractivity contribution in [2.75, 3.05) is 5.75 Å². The number of hydrogen-bond donors (Lipinski definition) is 2. The Labute approximate surface area is 114 Å². The van der Waals surface area contributed by atoms with Crippen molar-refractivity contribution in [3.8, 4) is 0 Å². The van der Waals surface area contributed by atoms with Crippen molar-refractivity contribution in [2.45, 2.75) is 43.9 Å². The monoisotopic (exact) mass is 284 g/mol. The molecule has 0 unspecified atom stereocenters. The van der Waals surface area contributed by atoms with Gasteiger partial charge in [-0.3, -0.25) is 14.2 Å². The first-order chi connectivity index (χ1) is 9.10. The van der Waals surface area contributed by atoms with E-state index in [1.54, 1.807) is 4.57 Å². The van der Waals surface area contributed by atoms with Crippen molar-refractivity contribution in [3.63, 3.8) is 0 Å². The number of carboxylic acids is 1. The molecule has 0 spiro atoms. The summed E-state index contributed by atoms with van der Waals surface area (Å²) < 4.78 is 1.69. The predicted molar refractivity (Wildman–Crippen MR) is 68.9 cm³/mol. The second-order valence-corrected chi connectivity index (χ2v) is 5.31. The fourth-order valence-corrected chi connectivity index (χ4v) is 2.29. The summed E-state index contributed by atoms with van der Waals surface area (Å²) >= 11 is 1.08. The van der Waals surface area contributed by atoms with Crippen LogP contribution in [0.4, 0.5) is 0 Å². The molecule has 7 nitrogen and oxygen atoms in total. The highest BCUT2D eigenvalue weighted by Gasteiger charge is 2.24. The Balaban J connectivity index is 2.03. The molecule has 2 rings (SSSR count). The Morgan fingerprint density at radius 2 is 2.21 bits per heavy atom. The van der Waals surface area contributed by atoms with Crippen LogP contribution >= 0.6 is 11.8 Å². The van der Waals surface area contributed by atoms with Gasteiger partial charge in [0.25, 0.3) is 0 Å².